The van der Waals surface area contributed by atoms with Crippen molar-refractivity contribution in [1.29, 1.82) is 0 Å². The fourth-order valence-electron chi connectivity index (χ4n) is 1.74. The molecule has 0 bridgehead atoms. The molecule has 4 nitrogen and oxygen atoms in total. The van der Waals surface area contributed by atoms with E-state index in [4.69, 9.17) is 4.74 Å². The van der Waals surface area contributed by atoms with Crippen LogP contribution in [-0.2, 0) is 25.7 Å². The van der Waals surface area contributed by atoms with E-state index in [1.165, 1.54) is 0 Å². The molecule has 0 saturated heterocycles. The number of hydrogen-bond acceptors (Lipinski definition) is 4. The first kappa shape index (κ1) is 16.1. The maximum Gasteiger partial charge on any atom is 0.374 e. The van der Waals surface area contributed by atoms with Crippen LogP contribution in [0, 0.1) is 0 Å². The second kappa shape index (κ2) is 9.02. The Kier molecular flexibility index (Phi) is 7.25. The van der Waals surface area contributed by atoms with E-state index < -0.39 is 11.8 Å². The number of benzene rings is 1. The van der Waals surface area contributed by atoms with Crippen LogP contribution in [0.4, 0.5) is 0 Å². The molecule has 20 heavy (non-hydrogen) atoms. The molecular weight excluding hydrogens is 256 g/mol. The number of Topliss-reactive ketones (excluding diaryl/α,β-unsaturated/α-hetero) is 2. The van der Waals surface area contributed by atoms with Gasteiger partial charge in [-0.25, -0.2) is 4.79 Å². The van der Waals surface area contributed by atoms with Gasteiger partial charge < -0.3 is 9.53 Å². The first-order valence-electron chi connectivity index (χ1n) is 6.83. The van der Waals surface area contributed by atoms with Gasteiger partial charge in [0.25, 0.3) is 0 Å². The summed E-state index contributed by atoms with van der Waals surface area (Å²) in [6.45, 7) is 1.67. The maximum atomic E-state index is 11.5. The fourth-order valence-corrected chi connectivity index (χ4v) is 1.74. The minimum absolute atomic E-state index is 0.121. The zero-order valence-electron chi connectivity index (χ0n) is 11.8. The smallest absolute Gasteiger partial charge is 0.374 e. The lowest BCUT2D eigenvalue weighted by Crippen LogP contribution is -2.17. The van der Waals surface area contributed by atoms with Gasteiger partial charge in [-0.1, -0.05) is 36.8 Å². The Morgan fingerprint density at radius 1 is 0.950 bits per heavy atom. The van der Waals surface area contributed by atoms with Crippen molar-refractivity contribution in [3.63, 3.8) is 0 Å². The average Bonchev–Trinajstić information content (AvgIpc) is 2.45. The number of carbonyl (C=O) groups is 3. The quantitative estimate of drug-likeness (QED) is 0.395. The molecule has 1 aromatic rings. The summed E-state index contributed by atoms with van der Waals surface area (Å²) in [6, 6.07) is 9.23. The van der Waals surface area contributed by atoms with Gasteiger partial charge >= 0.3 is 5.97 Å². The number of carbonyl (C=O) groups excluding carboxylic acids is 3. The maximum absolute atomic E-state index is 11.5. The molecule has 1 aromatic carbocycles. The summed E-state index contributed by atoms with van der Waals surface area (Å²) >= 11 is 0. The zero-order valence-corrected chi connectivity index (χ0v) is 11.8. The highest BCUT2D eigenvalue weighted by Gasteiger charge is 2.14. The molecule has 0 aromatic heterocycles. The van der Waals surface area contributed by atoms with E-state index >= 15 is 0 Å². The number of unbranched alkanes of at least 4 members (excludes halogenated alkanes) is 2. The molecule has 0 aliphatic carbocycles. The highest BCUT2D eigenvalue weighted by Crippen LogP contribution is 2.06. The summed E-state index contributed by atoms with van der Waals surface area (Å²) in [6.07, 6.45) is 2.88. The molecule has 0 aliphatic heterocycles. The molecule has 0 heterocycles. The summed E-state index contributed by atoms with van der Waals surface area (Å²) < 4.78 is 4.94. The number of esters is 1. The van der Waals surface area contributed by atoms with E-state index in [2.05, 4.69) is 0 Å². The molecule has 0 spiro atoms. The van der Waals surface area contributed by atoms with Gasteiger partial charge in [0.05, 0.1) is 0 Å². The predicted molar refractivity (Wildman–Crippen MR) is 75.0 cm³/mol. The topological polar surface area (TPSA) is 60.4 Å². The lowest BCUT2D eigenvalue weighted by atomic mass is 10.1. The Labute approximate surface area is 119 Å². The zero-order chi connectivity index (χ0) is 14.8. The molecular formula is C16H20O4. The van der Waals surface area contributed by atoms with Crippen LogP contribution >= 0.6 is 0 Å². The van der Waals surface area contributed by atoms with Gasteiger partial charge in [-0.3, -0.25) is 4.79 Å². The standard InChI is InChI=1S/C16H20O4/c1-13(17)8-4-2-7-11-15(18)16(19)20-12-14-9-5-3-6-10-14/h3,5-6,9-10H,2,4,7-8,11-12H2,1H3. The van der Waals surface area contributed by atoms with Crippen LogP contribution in [0.5, 0.6) is 0 Å². The Balaban J connectivity index is 2.16. The van der Waals surface area contributed by atoms with Crippen LogP contribution in [-0.4, -0.2) is 17.5 Å². The second-order valence-electron chi connectivity index (χ2n) is 4.75. The van der Waals surface area contributed by atoms with E-state index in [-0.39, 0.29) is 18.8 Å². The van der Waals surface area contributed by atoms with Gasteiger partial charge in [0.15, 0.2) is 0 Å². The third kappa shape index (κ3) is 6.83. The first-order chi connectivity index (χ1) is 9.59. The number of ketones is 2. The Hall–Kier alpha value is -1.97. The normalized spacial score (nSPS) is 10.1. The number of hydrogen-bond donors (Lipinski definition) is 0. The molecule has 0 amide bonds. The largest absolute Gasteiger partial charge is 0.455 e. The van der Waals surface area contributed by atoms with E-state index in [0.29, 0.717) is 12.8 Å². The molecule has 0 N–H and O–H groups in total. The van der Waals surface area contributed by atoms with Crippen LogP contribution < -0.4 is 0 Å². The van der Waals surface area contributed by atoms with Crippen molar-refractivity contribution >= 4 is 17.5 Å². The highest BCUT2D eigenvalue weighted by molar-refractivity contribution is 6.33. The van der Waals surface area contributed by atoms with Crippen molar-refractivity contribution in [1.82, 2.24) is 0 Å². The number of ether oxygens (including phenoxy) is 1. The van der Waals surface area contributed by atoms with Gasteiger partial charge in [0.1, 0.15) is 12.4 Å². The molecule has 0 fully saturated rings. The summed E-state index contributed by atoms with van der Waals surface area (Å²) in [5.41, 5.74) is 0.857. The van der Waals surface area contributed by atoms with Gasteiger partial charge in [0, 0.05) is 12.8 Å². The van der Waals surface area contributed by atoms with Crippen LogP contribution in [0.2, 0.25) is 0 Å². The van der Waals surface area contributed by atoms with Crippen LogP contribution in [0.15, 0.2) is 30.3 Å². The van der Waals surface area contributed by atoms with Crippen molar-refractivity contribution in [2.45, 2.75) is 45.6 Å². The van der Waals surface area contributed by atoms with Crippen LogP contribution in [0.3, 0.4) is 0 Å². The van der Waals surface area contributed by atoms with Crippen LogP contribution in [0.25, 0.3) is 0 Å². The third-order valence-electron chi connectivity index (χ3n) is 2.87. The minimum Gasteiger partial charge on any atom is -0.455 e. The Morgan fingerprint density at radius 3 is 2.25 bits per heavy atom. The molecule has 0 atom stereocenters. The van der Waals surface area contributed by atoms with E-state index in [9.17, 15) is 14.4 Å². The van der Waals surface area contributed by atoms with Gasteiger partial charge in [0.2, 0.25) is 5.78 Å². The molecule has 0 saturated carbocycles. The first-order valence-corrected chi connectivity index (χ1v) is 6.83. The van der Waals surface area contributed by atoms with Crippen molar-refractivity contribution in [2.24, 2.45) is 0 Å². The van der Waals surface area contributed by atoms with E-state index in [0.717, 1.165) is 18.4 Å². The highest BCUT2D eigenvalue weighted by atomic mass is 16.5. The lowest BCUT2D eigenvalue weighted by Gasteiger charge is -2.04. The van der Waals surface area contributed by atoms with Gasteiger partial charge in [-0.15, -0.1) is 0 Å². The molecule has 0 unspecified atom stereocenters. The van der Waals surface area contributed by atoms with Crippen molar-refractivity contribution in [3.8, 4) is 0 Å². The average molecular weight is 276 g/mol. The summed E-state index contributed by atoms with van der Waals surface area (Å²) in [7, 11) is 0. The predicted octanol–water partition coefficient (Wildman–Crippen LogP) is 2.84. The van der Waals surface area contributed by atoms with Crippen LogP contribution in [0.1, 0.15) is 44.6 Å². The van der Waals surface area contributed by atoms with Crippen molar-refractivity contribution < 1.29 is 19.1 Å². The van der Waals surface area contributed by atoms with E-state index in [1.807, 2.05) is 30.3 Å². The molecule has 108 valence electrons. The summed E-state index contributed by atoms with van der Waals surface area (Å²) in [5.74, 6) is -1.12. The minimum atomic E-state index is -0.777. The third-order valence-corrected chi connectivity index (χ3v) is 2.87. The molecule has 0 aliphatic rings. The molecule has 1 rings (SSSR count). The van der Waals surface area contributed by atoms with Gasteiger partial charge in [-0.2, -0.15) is 0 Å². The summed E-state index contributed by atoms with van der Waals surface area (Å²) in [4.78, 5) is 33.7. The summed E-state index contributed by atoms with van der Waals surface area (Å²) in [5, 5.41) is 0. The Bertz CT molecular complexity index is 451. The second-order valence-corrected chi connectivity index (χ2v) is 4.75. The fraction of sp³-hybridized carbons (Fsp3) is 0.438. The Morgan fingerprint density at radius 2 is 1.60 bits per heavy atom. The SMILES string of the molecule is CC(=O)CCCCCC(=O)C(=O)OCc1ccccc1. The van der Waals surface area contributed by atoms with Gasteiger partial charge in [-0.05, 0) is 25.3 Å². The monoisotopic (exact) mass is 276 g/mol. The van der Waals surface area contributed by atoms with E-state index in [1.54, 1.807) is 6.92 Å². The van der Waals surface area contributed by atoms with Crippen molar-refractivity contribution in [2.75, 3.05) is 0 Å². The molecule has 4 heteroatoms. The number of rotatable bonds is 9. The lowest BCUT2D eigenvalue weighted by molar-refractivity contribution is -0.154. The molecule has 0 radical (unpaired) electrons. The van der Waals surface area contributed by atoms with Crippen molar-refractivity contribution in [3.05, 3.63) is 35.9 Å².